The Labute approximate surface area is 161 Å². The molecule has 1 aliphatic heterocycles. The molecule has 0 bridgehead atoms. The van der Waals surface area contributed by atoms with Crippen molar-refractivity contribution in [3.63, 3.8) is 0 Å². The van der Waals surface area contributed by atoms with Crippen LogP contribution in [0, 0.1) is 25.7 Å². The molecule has 0 radical (unpaired) electrons. The first-order valence-electron chi connectivity index (χ1n) is 9.98. The monoisotopic (exact) mass is 367 g/mol. The second kappa shape index (κ2) is 7.47. The van der Waals surface area contributed by atoms with Crippen LogP contribution in [0.3, 0.4) is 0 Å². The number of aromatic nitrogens is 2. The van der Waals surface area contributed by atoms with Crippen LogP contribution >= 0.6 is 0 Å². The standard InChI is InChI=1S/C22H29N3O2/c1-14-17(15(2)25(3)24-14)9-10-20(26)23-21-18-11-12-27-22(18)19(21)13-16-7-5-4-6-8-16/h4-8,18-19,21-22H,9-13H2,1-3H3,(H,23,26)/t18-,19+,21-,22-/m0/s1. The molecule has 1 saturated heterocycles. The van der Waals surface area contributed by atoms with Crippen LogP contribution in [-0.2, 0) is 29.4 Å². The highest BCUT2D eigenvalue weighted by molar-refractivity contribution is 5.77. The van der Waals surface area contributed by atoms with Crippen molar-refractivity contribution in [2.75, 3.05) is 6.61 Å². The van der Waals surface area contributed by atoms with Gasteiger partial charge in [0.05, 0.1) is 11.8 Å². The van der Waals surface area contributed by atoms with E-state index in [1.807, 2.05) is 24.7 Å². The molecule has 5 heteroatoms. The molecule has 4 atom stereocenters. The summed E-state index contributed by atoms with van der Waals surface area (Å²) in [5, 5.41) is 7.78. The molecule has 1 aliphatic carbocycles. The van der Waals surface area contributed by atoms with Gasteiger partial charge in [-0.25, -0.2) is 0 Å². The number of hydrogen-bond acceptors (Lipinski definition) is 3. The normalized spacial score (nSPS) is 26.5. The summed E-state index contributed by atoms with van der Waals surface area (Å²) in [6.45, 7) is 4.90. The summed E-state index contributed by atoms with van der Waals surface area (Å²) >= 11 is 0. The highest BCUT2D eigenvalue weighted by atomic mass is 16.5. The van der Waals surface area contributed by atoms with Gasteiger partial charge in [-0.05, 0) is 44.2 Å². The quantitative estimate of drug-likeness (QED) is 0.854. The van der Waals surface area contributed by atoms with Crippen LogP contribution in [-0.4, -0.2) is 34.4 Å². The van der Waals surface area contributed by atoms with Crippen LogP contribution in [0.2, 0.25) is 0 Å². The summed E-state index contributed by atoms with van der Waals surface area (Å²) in [5.74, 6) is 1.00. The van der Waals surface area contributed by atoms with E-state index in [1.54, 1.807) is 0 Å². The van der Waals surface area contributed by atoms with Gasteiger partial charge in [0.15, 0.2) is 0 Å². The molecule has 5 nitrogen and oxygen atoms in total. The first-order chi connectivity index (χ1) is 13.0. The van der Waals surface area contributed by atoms with Crippen LogP contribution in [0.4, 0.5) is 0 Å². The number of hydrogen-bond donors (Lipinski definition) is 1. The second-order valence-corrected chi connectivity index (χ2v) is 8.01. The third kappa shape index (κ3) is 3.53. The first-order valence-corrected chi connectivity index (χ1v) is 9.98. The summed E-state index contributed by atoms with van der Waals surface area (Å²) in [6, 6.07) is 10.8. The zero-order valence-electron chi connectivity index (χ0n) is 16.4. The lowest BCUT2D eigenvalue weighted by Gasteiger charge is -2.48. The fraction of sp³-hybridized carbons (Fsp3) is 0.545. The molecule has 4 rings (SSSR count). The van der Waals surface area contributed by atoms with Crippen molar-refractivity contribution < 1.29 is 9.53 Å². The second-order valence-electron chi connectivity index (χ2n) is 8.01. The number of amides is 1. The van der Waals surface area contributed by atoms with Crippen LogP contribution in [0.1, 0.15) is 35.4 Å². The molecule has 1 aromatic carbocycles. The molecule has 0 spiro atoms. The van der Waals surface area contributed by atoms with E-state index in [0.29, 0.717) is 24.4 Å². The van der Waals surface area contributed by atoms with E-state index in [-0.39, 0.29) is 11.9 Å². The third-order valence-corrected chi connectivity index (χ3v) is 6.43. The molecule has 1 amide bonds. The fourth-order valence-corrected chi connectivity index (χ4v) is 4.85. The number of aryl methyl sites for hydroxylation is 2. The zero-order valence-corrected chi connectivity index (χ0v) is 16.4. The molecule has 1 aromatic heterocycles. The van der Waals surface area contributed by atoms with E-state index in [9.17, 15) is 4.79 Å². The minimum atomic E-state index is 0.145. The Morgan fingerprint density at radius 3 is 2.78 bits per heavy atom. The molecule has 27 heavy (non-hydrogen) atoms. The topological polar surface area (TPSA) is 56.2 Å². The third-order valence-electron chi connectivity index (χ3n) is 6.43. The van der Waals surface area contributed by atoms with Crippen molar-refractivity contribution in [1.29, 1.82) is 0 Å². The maximum atomic E-state index is 12.7. The van der Waals surface area contributed by atoms with Gasteiger partial charge in [-0.2, -0.15) is 5.10 Å². The zero-order chi connectivity index (χ0) is 19.0. The number of benzene rings is 1. The Hall–Kier alpha value is -2.14. The van der Waals surface area contributed by atoms with Gasteiger partial charge in [0.25, 0.3) is 0 Å². The summed E-state index contributed by atoms with van der Waals surface area (Å²) in [6.07, 6.45) is 3.59. The average molecular weight is 367 g/mol. The van der Waals surface area contributed by atoms with Crippen molar-refractivity contribution >= 4 is 5.91 Å². The molecule has 2 aliphatic rings. The van der Waals surface area contributed by atoms with Gasteiger partial charge in [-0.3, -0.25) is 9.48 Å². The van der Waals surface area contributed by atoms with Gasteiger partial charge in [-0.1, -0.05) is 30.3 Å². The predicted octanol–water partition coefficient (Wildman–Crippen LogP) is 2.73. The molecule has 2 heterocycles. The van der Waals surface area contributed by atoms with E-state index >= 15 is 0 Å². The van der Waals surface area contributed by atoms with Gasteiger partial charge in [-0.15, -0.1) is 0 Å². The predicted molar refractivity (Wildman–Crippen MR) is 104 cm³/mol. The van der Waals surface area contributed by atoms with Gasteiger partial charge in [0, 0.05) is 43.6 Å². The highest BCUT2D eigenvalue weighted by Crippen LogP contribution is 2.45. The highest BCUT2D eigenvalue weighted by Gasteiger charge is 2.53. The maximum Gasteiger partial charge on any atom is 0.220 e. The van der Waals surface area contributed by atoms with E-state index in [1.165, 1.54) is 11.1 Å². The van der Waals surface area contributed by atoms with E-state index < -0.39 is 0 Å². The number of carbonyl (C=O) groups excluding carboxylic acids is 1. The molecular weight excluding hydrogens is 338 g/mol. The van der Waals surface area contributed by atoms with Crippen molar-refractivity contribution in [2.24, 2.45) is 18.9 Å². The van der Waals surface area contributed by atoms with Crippen molar-refractivity contribution in [2.45, 2.75) is 51.7 Å². The van der Waals surface area contributed by atoms with Crippen LogP contribution < -0.4 is 5.32 Å². The Morgan fingerprint density at radius 2 is 2.07 bits per heavy atom. The first kappa shape index (κ1) is 18.2. The lowest BCUT2D eigenvalue weighted by atomic mass is 9.64. The molecule has 1 N–H and O–H groups in total. The Balaban J connectivity index is 1.37. The van der Waals surface area contributed by atoms with Gasteiger partial charge in [0.1, 0.15) is 0 Å². The van der Waals surface area contributed by atoms with Crippen molar-refractivity contribution in [3.8, 4) is 0 Å². The SMILES string of the molecule is Cc1nn(C)c(C)c1CCC(=O)N[C@@H]1[C@@H](Cc2ccccc2)[C@H]2OCC[C@@H]12. The Kier molecular flexibility index (Phi) is 5.04. The summed E-state index contributed by atoms with van der Waals surface area (Å²) in [5.41, 5.74) is 4.69. The average Bonchev–Trinajstić information content (AvgIpc) is 3.19. The minimum Gasteiger partial charge on any atom is -0.377 e. The number of fused-ring (bicyclic) bond motifs is 1. The van der Waals surface area contributed by atoms with E-state index in [0.717, 1.165) is 37.3 Å². The van der Waals surface area contributed by atoms with Crippen LogP contribution in [0.5, 0.6) is 0 Å². The molecule has 2 aromatic rings. The molecule has 2 fully saturated rings. The molecule has 1 saturated carbocycles. The number of carbonyl (C=O) groups is 1. The lowest BCUT2D eigenvalue weighted by molar-refractivity contribution is -0.127. The largest absolute Gasteiger partial charge is 0.377 e. The van der Waals surface area contributed by atoms with Crippen molar-refractivity contribution in [1.82, 2.24) is 15.1 Å². The molecule has 0 unspecified atom stereocenters. The van der Waals surface area contributed by atoms with Crippen LogP contribution in [0.25, 0.3) is 0 Å². The number of nitrogens with zero attached hydrogens (tertiary/aromatic N) is 2. The van der Waals surface area contributed by atoms with Gasteiger partial charge in [0.2, 0.25) is 5.91 Å². The molecule has 144 valence electrons. The number of nitrogens with one attached hydrogen (secondary N) is 1. The maximum absolute atomic E-state index is 12.7. The number of ether oxygens (including phenoxy) is 1. The molecular formula is C22H29N3O2. The smallest absolute Gasteiger partial charge is 0.220 e. The Bertz CT molecular complexity index is 814. The minimum absolute atomic E-state index is 0.145. The summed E-state index contributed by atoms with van der Waals surface area (Å²) < 4.78 is 7.84. The van der Waals surface area contributed by atoms with Crippen molar-refractivity contribution in [3.05, 3.63) is 52.8 Å². The van der Waals surface area contributed by atoms with Crippen LogP contribution in [0.15, 0.2) is 30.3 Å². The lowest BCUT2D eigenvalue weighted by Crippen LogP contribution is -2.62. The van der Waals surface area contributed by atoms with E-state index in [2.05, 4.69) is 41.6 Å². The number of rotatable bonds is 6. The van der Waals surface area contributed by atoms with Gasteiger partial charge < -0.3 is 10.1 Å². The fourth-order valence-electron chi connectivity index (χ4n) is 4.85. The van der Waals surface area contributed by atoms with E-state index in [4.69, 9.17) is 4.74 Å². The summed E-state index contributed by atoms with van der Waals surface area (Å²) in [4.78, 5) is 12.7. The van der Waals surface area contributed by atoms with Gasteiger partial charge >= 0.3 is 0 Å². The summed E-state index contributed by atoms with van der Waals surface area (Å²) in [7, 11) is 1.95. The Morgan fingerprint density at radius 1 is 1.30 bits per heavy atom.